The predicted octanol–water partition coefficient (Wildman–Crippen LogP) is 1.43. The Hall–Kier alpha value is -1.33. The van der Waals surface area contributed by atoms with Crippen molar-refractivity contribution in [2.75, 3.05) is 7.11 Å². The van der Waals surface area contributed by atoms with E-state index in [4.69, 9.17) is 9.88 Å². The topological polar surface area (TPSA) is 69.4 Å². The van der Waals surface area contributed by atoms with Gasteiger partial charge in [0.25, 0.3) is 0 Å². The average molecular weight is 241 g/mol. The molecule has 2 N–H and O–H groups in total. The molecule has 0 aliphatic carbocycles. The van der Waals surface area contributed by atoms with Crippen molar-refractivity contribution < 1.29 is 13.2 Å². The number of ether oxygens (including phenoxy) is 1. The van der Waals surface area contributed by atoms with Crippen LogP contribution < -0.4 is 9.88 Å². The zero-order valence-electron chi connectivity index (χ0n) is 9.30. The number of methoxy groups -OCH3 is 1. The molecule has 0 saturated carbocycles. The van der Waals surface area contributed by atoms with Gasteiger partial charge in [-0.05, 0) is 24.6 Å². The van der Waals surface area contributed by atoms with Gasteiger partial charge in [-0.2, -0.15) is 0 Å². The highest BCUT2D eigenvalue weighted by atomic mass is 32.2. The molecule has 1 rings (SSSR count). The molecule has 1 aromatic rings. The van der Waals surface area contributed by atoms with E-state index in [0.29, 0.717) is 6.42 Å². The predicted molar refractivity (Wildman–Crippen MR) is 63.6 cm³/mol. The molecule has 0 aliphatic rings. The van der Waals surface area contributed by atoms with Crippen LogP contribution in [0.4, 0.5) is 0 Å². The van der Waals surface area contributed by atoms with Crippen LogP contribution in [0.3, 0.4) is 0 Å². The number of sulfonamides is 1. The molecule has 0 saturated heterocycles. The smallest absolute Gasteiger partial charge is 0.234 e. The molecule has 0 amide bonds. The van der Waals surface area contributed by atoms with Crippen molar-refractivity contribution in [3.05, 3.63) is 40.8 Å². The summed E-state index contributed by atoms with van der Waals surface area (Å²) in [6.45, 7) is 1.66. The van der Waals surface area contributed by atoms with Gasteiger partial charge < -0.3 is 4.74 Å². The first-order valence-electron chi connectivity index (χ1n) is 4.78. The molecule has 0 bridgehead atoms. The van der Waals surface area contributed by atoms with Crippen molar-refractivity contribution in [1.29, 1.82) is 0 Å². The molecule has 0 aromatic heterocycles. The van der Waals surface area contributed by atoms with E-state index in [1.165, 1.54) is 6.08 Å². The van der Waals surface area contributed by atoms with Crippen LogP contribution in [-0.2, 0) is 16.4 Å². The van der Waals surface area contributed by atoms with E-state index in [0.717, 1.165) is 11.3 Å². The number of hydrogen-bond acceptors (Lipinski definition) is 3. The molecule has 5 heteroatoms. The standard InChI is InChI=1S/C11H15NO3S/c1-3-11(16(12,13)14)8-9-4-6-10(15-2)7-5-9/h3-7H,8H2,1-2H3,(H2,12,13,14). The lowest BCUT2D eigenvalue weighted by Crippen LogP contribution is -2.16. The molecular weight excluding hydrogens is 226 g/mol. The zero-order chi connectivity index (χ0) is 12.2. The van der Waals surface area contributed by atoms with E-state index in [1.807, 2.05) is 12.1 Å². The van der Waals surface area contributed by atoms with E-state index in [9.17, 15) is 8.42 Å². The van der Waals surface area contributed by atoms with Gasteiger partial charge in [0.05, 0.1) is 12.0 Å². The summed E-state index contributed by atoms with van der Waals surface area (Å²) >= 11 is 0. The SMILES string of the molecule is CC=C(Cc1ccc(OC)cc1)S(N)(=O)=O. The Morgan fingerprint density at radius 3 is 2.31 bits per heavy atom. The maximum atomic E-state index is 11.2. The minimum atomic E-state index is -3.60. The minimum absolute atomic E-state index is 0.220. The van der Waals surface area contributed by atoms with Crippen molar-refractivity contribution in [2.24, 2.45) is 5.14 Å². The Bertz CT molecular complexity index is 474. The number of hydrogen-bond donors (Lipinski definition) is 1. The molecule has 88 valence electrons. The number of nitrogens with two attached hydrogens (primary N) is 1. The second kappa shape index (κ2) is 5.14. The van der Waals surface area contributed by atoms with E-state index in [1.54, 1.807) is 26.2 Å². The second-order valence-corrected chi connectivity index (χ2v) is 4.94. The Balaban J connectivity index is 2.88. The molecule has 4 nitrogen and oxygen atoms in total. The van der Waals surface area contributed by atoms with Gasteiger partial charge in [-0.15, -0.1) is 0 Å². The Labute approximate surface area is 95.8 Å². The number of primary sulfonamides is 1. The third-order valence-corrected chi connectivity index (χ3v) is 3.34. The maximum absolute atomic E-state index is 11.2. The fourth-order valence-electron chi connectivity index (χ4n) is 1.31. The average Bonchev–Trinajstić information content (AvgIpc) is 2.25. The molecule has 16 heavy (non-hydrogen) atoms. The summed E-state index contributed by atoms with van der Waals surface area (Å²) in [6, 6.07) is 7.19. The fraction of sp³-hybridized carbons (Fsp3) is 0.273. The maximum Gasteiger partial charge on any atom is 0.234 e. The highest BCUT2D eigenvalue weighted by Gasteiger charge is 2.11. The van der Waals surface area contributed by atoms with Gasteiger partial charge in [0.2, 0.25) is 10.0 Å². The summed E-state index contributed by atoms with van der Waals surface area (Å²) in [6.07, 6.45) is 1.82. The summed E-state index contributed by atoms with van der Waals surface area (Å²) < 4.78 is 27.4. The molecule has 0 atom stereocenters. The van der Waals surface area contributed by atoms with Crippen molar-refractivity contribution in [3.63, 3.8) is 0 Å². The highest BCUT2D eigenvalue weighted by molar-refractivity contribution is 7.93. The third-order valence-electron chi connectivity index (χ3n) is 2.22. The van der Waals surface area contributed by atoms with Crippen LogP contribution in [0.25, 0.3) is 0 Å². The van der Waals surface area contributed by atoms with Crippen LogP contribution in [0.1, 0.15) is 12.5 Å². The van der Waals surface area contributed by atoms with Gasteiger partial charge in [-0.1, -0.05) is 18.2 Å². The highest BCUT2D eigenvalue weighted by Crippen LogP contribution is 2.16. The Kier molecular flexibility index (Phi) is 4.09. The number of rotatable bonds is 4. The van der Waals surface area contributed by atoms with E-state index in [-0.39, 0.29) is 4.91 Å². The Morgan fingerprint density at radius 1 is 1.38 bits per heavy atom. The summed E-state index contributed by atoms with van der Waals surface area (Å²) in [4.78, 5) is 0.220. The van der Waals surface area contributed by atoms with E-state index < -0.39 is 10.0 Å². The van der Waals surface area contributed by atoms with Crippen molar-refractivity contribution >= 4 is 10.0 Å². The Morgan fingerprint density at radius 2 is 1.94 bits per heavy atom. The van der Waals surface area contributed by atoms with Crippen LogP contribution in [0.5, 0.6) is 5.75 Å². The summed E-state index contributed by atoms with van der Waals surface area (Å²) in [7, 11) is -2.02. The molecule has 0 radical (unpaired) electrons. The minimum Gasteiger partial charge on any atom is -0.497 e. The van der Waals surface area contributed by atoms with Gasteiger partial charge in [-0.3, -0.25) is 0 Å². The lowest BCUT2D eigenvalue weighted by Gasteiger charge is -2.05. The van der Waals surface area contributed by atoms with E-state index in [2.05, 4.69) is 0 Å². The first kappa shape index (κ1) is 12.7. The van der Waals surface area contributed by atoms with Gasteiger partial charge in [-0.25, -0.2) is 13.6 Å². The molecule has 0 heterocycles. The zero-order valence-corrected chi connectivity index (χ0v) is 10.1. The normalized spacial score (nSPS) is 12.6. The monoisotopic (exact) mass is 241 g/mol. The summed E-state index contributed by atoms with van der Waals surface area (Å²) in [5.74, 6) is 0.737. The van der Waals surface area contributed by atoms with Gasteiger partial charge in [0, 0.05) is 6.42 Å². The van der Waals surface area contributed by atoms with Crippen LogP contribution in [0.2, 0.25) is 0 Å². The van der Waals surface area contributed by atoms with Crippen molar-refractivity contribution in [1.82, 2.24) is 0 Å². The lowest BCUT2D eigenvalue weighted by molar-refractivity contribution is 0.414. The quantitative estimate of drug-likeness (QED) is 0.867. The lowest BCUT2D eigenvalue weighted by atomic mass is 10.1. The number of benzene rings is 1. The van der Waals surface area contributed by atoms with Gasteiger partial charge >= 0.3 is 0 Å². The first-order chi connectivity index (χ1) is 7.47. The van der Waals surface area contributed by atoms with Crippen LogP contribution in [0, 0.1) is 0 Å². The first-order valence-corrected chi connectivity index (χ1v) is 6.33. The molecule has 1 aromatic carbocycles. The molecule has 0 fully saturated rings. The fourth-order valence-corrected chi connectivity index (χ4v) is 2.01. The largest absolute Gasteiger partial charge is 0.497 e. The van der Waals surface area contributed by atoms with Crippen LogP contribution in [-0.4, -0.2) is 15.5 Å². The van der Waals surface area contributed by atoms with Crippen molar-refractivity contribution in [2.45, 2.75) is 13.3 Å². The molecule has 0 spiro atoms. The third kappa shape index (κ3) is 3.36. The van der Waals surface area contributed by atoms with Crippen LogP contribution >= 0.6 is 0 Å². The van der Waals surface area contributed by atoms with Gasteiger partial charge in [0.15, 0.2) is 0 Å². The van der Waals surface area contributed by atoms with E-state index >= 15 is 0 Å². The molecule has 0 aliphatic heterocycles. The van der Waals surface area contributed by atoms with Crippen molar-refractivity contribution in [3.8, 4) is 5.75 Å². The van der Waals surface area contributed by atoms with Gasteiger partial charge in [0.1, 0.15) is 5.75 Å². The number of allylic oxidation sites excluding steroid dienone is 2. The summed E-state index contributed by atoms with van der Waals surface area (Å²) in [5.41, 5.74) is 0.878. The molecule has 0 unspecified atom stereocenters. The second-order valence-electron chi connectivity index (χ2n) is 3.32. The van der Waals surface area contributed by atoms with Crippen LogP contribution in [0.15, 0.2) is 35.2 Å². The molecular formula is C11H15NO3S. The summed E-state index contributed by atoms with van der Waals surface area (Å²) in [5, 5.41) is 5.07.